The number of nitro benzene ring substituents is 1. The standard InChI is InChI=1S/C14H12FN3O3/c1-8-2-5-12(13(6-8)18(20)21)17-14(19)10-7-9(15)3-4-11(10)16/h2-7H,16H2,1H3,(H,17,19). The van der Waals surface area contributed by atoms with E-state index >= 15 is 0 Å². The van der Waals surface area contributed by atoms with Crippen LogP contribution in [0.25, 0.3) is 0 Å². The minimum Gasteiger partial charge on any atom is -0.398 e. The van der Waals surface area contributed by atoms with Gasteiger partial charge in [0.2, 0.25) is 0 Å². The highest BCUT2D eigenvalue weighted by Crippen LogP contribution is 2.26. The Morgan fingerprint density at radius 3 is 2.67 bits per heavy atom. The minimum atomic E-state index is -0.709. The number of nitrogens with zero attached hydrogens (tertiary/aromatic N) is 1. The summed E-state index contributed by atoms with van der Waals surface area (Å²) in [4.78, 5) is 22.4. The monoisotopic (exact) mass is 289 g/mol. The van der Waals surface area contributed by atoms with E-state index in [9.17, 15) is 19.3 Å². The van der Waals surface area contributed by atoms with E-state index < -0.39 is 16.6 Å². The number of nitrogen functional groups attached to an aromatic ring is 1. The molecule has 1 amide bonds. The van der Waals surface area contributed by atoms with Gasteiger partial charge < -0.3 is 11.1 Å². The quantitative estimate of drug-likeness (QED) is 0.515. The summed E-state index contributed by atoms with van der Waals surface area (Å²) in [6.45, 7) is 1.70. The van der Waals surface area contributed by atoms with Gasteiger partial charge in [0.05, 0.1) is 10.5 Å². The van der Waals surface area contributed by atoms with E-state index in [1.807, 2.05) is 0 Å². The van der Waals surface area contributed by atoms with Crippen LogP contribution in [0.4, 0.5) is 21.5 Å². The SMILES string of the molecule is Cc1ccc(NC(=O)c2cc(F)ccc2N)c([N+](=O)[O-])c1. The molecule has 7 heteroatoms. The zero-order chi connectivity index (χ0) is 15.6. The van der Waals surface area contributed by atoms with Crippen molar-refractivity contribution in [3.05, 3.63) is 63.5 Å². The summed E-state index contributed by atoms with van der Waals surface area (Å²) in [5.41, 5.74) is 6.09. The second-order valence-electron chi connectivity index (χ2n) is 4.46. The molecule has 0 unspecified atom stereocenters. The van der Waals surface area contributed by atoms with Crippen LogP contribution in [0.15, 0.2) is 36.4 Å². The molecule has 6 nitrogen and oxygen atoms in total. The van der Waals surface area contributed by atoms with Crippen LogP contribution in [-0.4, -0.2) is 10.8 Å². The zero-order valence-electron chi connectivity index (χ0n) is 11.1. The molecule has 0 saturated carbocycles. The largest absolute Gasteiger partial charge is 0.398 e. The van der Waals surface area contributed by atoms with Gasteiger partial charge in [-0.3, -0.25) is 14.9 Å². The van der Waals surface area contributed by atoms with Crippen molar-refractivity contribution < 1.29 is 14.1 Å². The van der Waals surface area contributed by atoms with Gasteiger partial charge >= 0.3 is 0 Å². The van der Waals surface area contributed by atoms with E-state index in [0.717, 1.165) is 12.1 Å². The van der Waals surface area contributed by atoms with Crippen LogP contribution in [0.3, 0.4) is 0 Å². The highest BCUT2D eigenvalue weighted by molar-refractivity contribution is 6.08. The minimum absolute atomic E-state index is 0.0271. The fourth-order valence-corrected chi connectivity index (χ4v) is 1.81. The van der Waals surface area contributed by atoms with Crippen molar-refractivity contribution in [3.63, 3.8) is 0 Å². The number of carbonyl (C=O) groups excluding carboxylic acids is 1. The smallest absolute Gasteiger partial charge is 0.293 e. The maximum Gasteiger partial charge on any atom is 0.293 e. The lowest BCUT2D eigenvalue weighted by Gasteiger charge is -2.08. The molecule has 0 atom stereocenters. The van der Waals surface area contributed by atoms with Crippen LogP contribution in [0, 0.1) is 22.9 Å². The molecule has 108 valence electrons. The molecule has 0 fully saturated rings. The van der Waals surface area contributed by atoms with Crippen LogP contribution < -0.4 is 11.1 Å². The van der Waals surface area contributed by atoms with Gasteiger partial charge in [0, 0.05) is 11.8 Å². The van der Waals surface area contributed by atoms with Gasteiger partial charge in [-0.2, -0.15) is 0 Å². The summed E-state index contributed by atoms with van der Waals surface area (Å²) in [5.74, 6) is -1.33. The third kappa shape index (κ3) is 3.14. The van der Waals surface area contributed by atoms with Crippen molar-refractivity contribution in [1.29, 1.82) is 0 Å². The number of nitrogens with two attached hydrogens (primary N) is 1. The highest BCUT2D eigenvalue weighted by Gasteiger charge is 2.18. The van der Waals surface area contributed by atoms with E-state index in [1.54, 1.807) is 13.0 Å². The van der Waals surface area contributed by atoms with E-state index in [1.165, 1.54) is 18.2 Å². The van der Waals surface area contributed by atoms with E-state index in [-0.39, 0.29) is 22.6 Å². The zero-order valence-corrected chi connectivity index (χ0v) is 11.1. The van der Waals surface area contributed by atoms with Crippen molar-refractivity contribution in [2.24, 2.45) is 0 Å². The van der Waals surface area contributed by atoms with Gasteiger partial charge in [0.25, 0.3) is 11.6 Å². The summed E-state index contributed by atoms with van der Waals surface area (Å²) in [6.07, 6.45) is 0. The molecule has 0 aliphatic rings. The Morgan fingerprint density at radius 2 is 2.00 bits per heavy atom. The summed E-state index contributed by atoms with van der Waals surface area (Å²) < 4.78 is 13.2. The van der Waals surface area contributed by atoms with Crippen LogP contribution >= 0.6 is 0 Å². The first-order valence-electron chi connectivity index (χ1n) is 6.00. The van der Waals surface area contributed by atoms with E-state index in [2.05, 4.69) is 5.32 Å². The predicted molar refractivity (Wildman–Crippen MR) is 76.6 cm³/mol. The van der Waals surface area contributed by atoms with Gasteiger partial charge in [-0.1, -0.05) is 6.07 Å². The first-order valence-corrected chi connectivity index (χ1v) is 6.00. The molecule has 0 saturated heterocycles. The molecule has 0 aliphatic carbocycles. The lowest BCUT2D eigenvalue weighted by molar-refractivity contribution is -0.384. The van der Waals surface area contributed by atoms with Crippen LogP contribution in [0.2, 0.25) is 0 Å². The molecule has 3 N–H and O–H groups in total. The number of nitrogens with one attached hydrogen (secondary N) is 1. The number of halogens is 1. The Morgan fingerprint density at radius 1 is 1.29 bits per heavy atom. The number of rotatable bonds is 3. The molecular weight excluding hydrogens is 277 g/mol. The molecule has 0 spiro atoms. The van der Waals surface area contributed by atoms with E-state index in [0.29, 0.717) is 5.56 Å². The maximum atomic E-state index is 13.2. The molecule has 2 aromatic rings. The van der Waals surface area contributed by atoms with Gasteiger partial charge in [-0.25, -0.2) is 4.39 Å². The lowest BCUT2D eigenvalue weighted by Crippen LogP contribution is -2.15. The normalized spacial score (nSPS) is 10.2. The second kappa shape index (κ2) is 5.58. The number of hydrogen-bond donors (Lipinski definition) is 2. The fraction of sp³-hybridized carbons (Fsp3) is 0.0714. The van der Waals surface area contributed by atoms with Crippen molar-refractivity contribution in [2.45, 2.75) is 6.92 Å². The number of amides is 1. The first kappa shape index (κ1) is 14.4. The topological polar surface area (TPSA) is 98.3 Å². The van der Waals surface area contributed by atoms with Gasteiger partial charge in [0.15, 0.2) is 0 Å². The number of benzene rings is 2. The molecule has 0 bridgehead atoms. The van der Waals surface area contributed by atoms with Crippen molar-refractivity contribution in [3.8, 4) is 0 Å². The van der Waals surface area contributed by atoms with Crippen LogP contribution in [0.5, 0.6) is 0 Å². The van der Waals surface area contributed by atoms with Crippen molar-refractivity contribution in [1.82, 2.24) is 0 Å². The van der Waals surface area contributed by atoms with Gasteiger partial charge in [0.1, 0.15) is 11.5 Å². The molecule has 0 aromatic heterocycles. The summed E-state index contributed by atoms with van der Waals surface area (Å²) in [5, 5.41) is 13.4. The number of nitro groups is 1. The van der Waals surface area contributed by atoms with Crippen LogP contribution in [-0.2, 0) is 0 Å². The third-order valence-electron chi connectivity index (χ3n) is 2.86. The number of aryl methyl sites for hydroxylation is 1. The Balaban J connectivity index is 2.36. The summed E-state index contributed by atoms with van der Waals surface area (Å²) in [6, 6.07) is 7.74. The summed E-state index contributed by atoms with van der Waals surface area (Å²) >= 11 is 0. The molecule has 21 heavy (non-hydrogen) atoms. The van der Waals surface area contributed by atoms with Gasteiger partial charge in [-0.05, 0) is 36.8 Å². The average molecular weight is 289 g/mol. The Labute approximate surface area is 119 Å². The molecule has 2 rings (SSSR count). The molecule has 0 heterocycles. The number of carbonyl (C=O) groups is 1. The first-order chi connectivity index (χ1) is 9.88. The second-order valence-corrected chi connectivity index (χ2v) is 4.46. The average Bonchev–Trinajstić information content (AvgIpc) is 2.43. The third-order valence-corrected chi connectivity index (χ3v) is 2.86. The van der Waals surface area contributed by atoms with Crippen LogP contribution in [0.1, 0.15) is 15.9 Å². The van der Waals surface area contributed by atoms with Gasteiger partial charge in [-0.15, -0.1) is 0 Å². The molecule has 0 aliphatic heterocycles. The number of anilines is 2. The Hall–Kier alpha value is -2.96. The molecule has 2 aromatic carbocycles. The summed E-state index contributed by atoms with van der Waals surface area (Å²) in [7, 11) is 0. The Kier molecular flexibility index (Phi) is 3.84. The number of hydrogen-bond acceptors (Lipinski definition) is 4. The predicted octanol–water partition coefficient (Wildman–Crippen LogP) is 2.88. The lowest BCUT2D eigenvalue weighted by atomic mass is 10.1. The highest BCUT2D eigenvalue weighted by atomic mass is 19.1. The Bertz CT molecular complexity index is 731. The maximum absolute atomic E-state index is 13.2. The van der Waals surface area contributed by atoms with Crippen molar-refractivity contribution >= 4 is 23.0 Å². The van der Waals surface area contributed by atoms with Crippen molar-refractivity contribution in [2.75, 3.05) is 11.1 Å². The molecular formula is C14H12FN3O3. The van der Waals surface area contributed by atoms with E-state index in [4.69, 9.17) is 5.73 Å². The fourth-order valence-electron chi connectivity index (χ4n) is 1.81. The molecule has 0 radical (unpaired) electrons.